The highest BCUT2D eigenvalue weighted by molar-refractivity contribution is 8.00. The van der Waals surface area contributed by atoms with Crippen molar-refractivity contribution in [2.75, 3.05) is 0 Å². The maximum atomic E-state index is 12.7. The van der Waals surface area contributed by atoms with Gasteiger partial charge in [0, 0.05) is 18.0 Å². The summed E-state index contributed by atoms with van der Waals surface area (Å²) in [6.07, 6.45) is 0. The smallest absolute Gasteiger partial charge is 0.309 e. The number of nitrogens with one attached hydrogen (secondary N) is 1. The fraction of sp³-hybridized carbons (Fsp3) is 0.200. The summed E-state index contributed by atoms with van der Waals surface area (Å²) in [5.41, 5.74) is -2.42. The summed E-state index contributed by atoms with van der Waals surface area (Å²) in [5, 5.41) is 3.15. The zero-order valence-corrected chi connectivity index (χ0v) is 11.8. The molecule has 0 aliphatic rings. The number of alkyl halides is 3. The van der Waals surface area contributed by atoms with Gasteiger partial charge in [-0.25, -0.2) is 4.39 Å². The maximum Gasteiger partial charge on any atom is 0.446 e. The lowest BCUT2D eigenvalue weighted by molar-refractivity contribution is -0.0328. The Morgan fingerprint density at radius 2 is 1.29 bits per heavy atom. The van der Waals surface area contributed by atoms with Gasteiger partial charge in [0.05, 0.1) is 0 Å². The first-order valence-corrected chi connectivity index (χ1v) is 7.04. The molecule has 0 saturated carbocycles. The average Bonchev–Trinajstić information content (AvgIpc) is 2.41. The lowest BCUT2D eigenvalue weighted by Gasteiger charge is -2.08. The van der Waals surface area contributed by atoms with Gasteiger partial charge in [0.25, 0.3) is 0 Å². The monoisotopic (exact) mass is 315 g/mol. The van der Waals surface area contributed by atoms with E-state index in [4.69, 9.17) is 0 Å². The van der Waals surface area contributed by atoms with Gasteiger partial charge in [-0.1, -0.05) is 24.3 Å². The largest absolute Gasteiger partial charge is 0.446 e. The summed E-state index contributed by atoms with van der Waals surface area (Å²) in [6.45, 7) is 1.10. The number of thioether (sulfide) groups is 1. The molecule has 0 fully saturated rings. The Kier molecular flexibility index (Phi) is 5.25. The molecule has 0 aromatic heterocycles. The number of hydrogen-bond donors (Lipinski definition) is 1. The third-order valence-corrected chi connectivity index (χ3v) is 3.47. The van der Waals surface area contributed by atoms with E-state index in [2.05, 4.69) is 5.32 Å². The van der Waals surface area contributed by atoms with E-state index in [9.17, 15) is 17.6 Å². The third kappa shape index (κ3) is 5.77. The van der Waals surface area contributed by atoms with Crippen molar-refractivity contribution in [2.24, 2.45) is 0 Å². The maximum absolute atomic E-state index is 12.7. The molecule has 112 valence electrons. The number of rotatable bonds is 5. The molecule has 0 radical (unpaired) electrons. The Labute approximate surface area is 124 Å². The predicted octanol–water partition coefficient (Wildman–Crippen LogP) is 4.73. The van der Waals surface area contributed by atoms with Gasteiger partial charge in [-0.2, -0.15) is 13.2 Å². The number of benzene rings is 2. The van der Waals surface area contributed by atoms with Crippen LogP contribution < -0.4 is 5.32 Å². The fourth-order valence-electron chi connectivity index (χ4n) is 1.76. The average molecular weight is 315 g/mol. The second kappa shape index (κ2) is 6.95. The summed E-state index contributed by atoms with van der Waals surface area (Å²) in [4.78, 5) is 0.171. The first-order chi connectivity index (χ1) is 9.92. The van der Waals surface area contributed by atoms with E-state index in [1.807, 2.05) is 0 Å². The molecular formula is C15H13F4NS. The molecule has 6 heteroatoms. The molecule has 0 amide bonds. The van der Waals surface area contributed by atoms with Crippen LogP contribution in [0.5, 0.6) is 0 Å². The van der Waals surface area contributed by atoms with E-state index in [0.29, 0.717) is 13.1 Å². The second-order valence-electron chi connectivity index (χ2n) is 4.42. The first-order valence-electron chi connectivity index (χ1n) is 6.22. The SMILES string of the molecule is Fc1ccc(CNCc2ccc(SC(F)(F)F)cc2)cc1. The van der Waals surface area contributed by atoms with E-state index in [1.54, 1.807) is 24.3 Å². The molecule has 2 rings (SSSR count). The summed E-state index contributed by atoms with van der Waals surface area (Å²) in [5.74, 6) is -0.281. The highest BCUT2D eigenvalue weighted by atomic mass is 32.2. The molecule has 0 spiro atoms. The van der Waals surface area contributed by atoms with Gasteiger partial charge in [-0.05, 0) is 47.2 Å². The van der Waals surface area contributed by atoms with Crippen molar-refractivity contribution in [3.63, 3.8) is 0 Å². The van der Waals surface area contributed by atoms with Gasteiger partial charge in [-0.3, -0.25) is 0 Å². The summed E-state index contributed by atoms with van der Waals surface area (Å²) in [7, 11) is 0. The van der Waals surface area contributed by atoms with E-state index in [0.717, 1.165) is 11.1 Å². The normalized spacial score (nSPS) is 11.6. The Morgan fingerprint density at radius 3 is 1.76 bits per heavy atom. The summed E-state index contributed by atoms with van der Waals surface area (Å²) >= 11 is -0.124. The van der Waals surface area contributed by atoms with E-state index in [-0.39, 0.29) is 22.5 Å². The minimum absolute atomic E-state index is 0.124. The van der Waals surface area contributed by atoms with Gasteiger partial charge < -0.3 is 5.32 Å². The predicted molar refractivity (Wildman–Crippen MR) is 75.3 cm³/mol. The van der Waals surface area contributed by atoms with Crippen LogP contribution in [0.2, 0.25) is 0 Å². The van der Waals surface area contributed by atoms with Crippen LogP contribution in [0.3, 0.4) is 0 Å². The van der Waals surface area contributed by atoms with E-state index in [1.165, 1.54) is 24.3 Å². The Morgan fingerprint density at radius 1 is 0.810 bits per heavy atom. The molecule has 0 atom stereocenters. The third-order valence-electron chi connectivity index (χ3n) is 2.73. The zero-order valence-electron chi connectivity index (χ0n) is 11.0. The molecular weight excluding hydrogens is 302 g/mol. The van der Waals surface area contributed by atoms with Crippen molar-refractivity contribution in [3.8, 4) is 0 Å². The van der Waals surface area contributed by atoms with Crippen LogP contribution in [0.25, 0.3) is 0 Å². The second-order valence-corrected chi connectivity index (χ2v) is 5.56. The Hall–Kier alpha value is -1.53. The molecule has 21 heavy (non-hydrogen) atoms. The Bertz CT molecular complexity index is 564. The van der Waals surface area contributed by atoms with Crippen LogP contribution in [0.1, 0.15) is 11.1 Å². The quantitative estimate of drug-likeness (QED) is 0.632. The van der Waals surface area contributed by atoms with Crippen molar-refractivity contribution in [2.45, 2.75) is 23.5 Å². The molecule has 2 aromatic carbocycles. The number of hydrogen-bond acceptors (Lipinski definition) is 2. The highest BCUT2D eigenvalue weighted by Crippen LogP contribution is 2.36. The zero-order chi connectivity index (χ0) is 15.3. The fourth-order valence-corrected chi connectivity index (χ4v) is 2.30. The molecule has 0 unspecified atom stereocenters. The summed E-state index contributed by atoms with van der Waals surface area (Å²) < 4.78 is 49.3. The minimum atomic E-state index is -4.26. The van der Waals surface area contributed by atoms with Gasteiger partial charge in [0.1, 0.15) is 5.82 Å². The van der Waals surface area contributed by atoms with Gasteiger partial charge >= 0.3 is 5.51 Å². The van der Waals surface area contributed by atoms with Gasteiger partial charge in [0.2, 0.25) is 0 Å². The van der Waals surface area contributed by atoms with E-state index >= 15 is 0 Å². The lowest BCUT2D eigenvalue weighted by Crippen LogP contribution is -2.12. The van der Waals surface area contributed by atoms with Gasteiger partial charge in [0.15, 0.2) is 0 Å². The van der Waals surface area contributed by atoms with Crippen LogP contribution in [0.4, 0.5) is 17.6 Å². The molecule has 0 aliphatic heterocycles. The van der Waals surface area contributed by atoms with Crippen molar-refractivity contribution < 1.29 is 17.6 Å². The molecule has 0 heterocycles. The lowest BCUT2D eigenvalue weighted by atomic mass is 10.2. The van der Waals surface area contributed by atoms with Crippen molar-refractivity contribution in [1.29, 1.82) is 0 Å². The number of halogens is 4. The van der Waals surface area contributed by atoms with Crippen LogP contribution in [0, 0.1) is 5.82 Å². The topological polar surface area (TPSA) is 12.0 Å². The molecule has 0 aliphatic carbocycles. The van der Waals surface area contributed by atoms with Crippen molar-refractivity contribution in [1.82, 2.24) is 5.32 Å². The molecule has 0 bridgehead atoms. The molecule has 1 nitrogen and oxygen atoms in total. The van der Waals surface area contributed by atoms with Crippen molar-refractivity contribution >= 4 is 11.8 Å². The van der Waals surface area contributed by atoms with Crippen LogP contribution in [-0.4, -0.2) is 5.51 Å². The highest BCUT2D eigenvalue weighted by Gasteiger charge is 2.28. The molecule has 0 saturated heterocycles. The molecule has 2 aromatic rings. The Balaban J connectivity index is 1.82. The first kappa shape index (κ1) is 15.9. The molecule has 1 N–H and O–H groups in total. The van der Waals surface area contributed by atoms with Crippen LogP contribution in [-0.2, 0) is 13.1 Å². The summed E-state index contributed by atoms with van der Waals surface area (Å²) in [6, 6.07) is 12.4. The van der Waals surface area contributed by atoms with Crippen molar-refractivity contribution in [3.05, 3.63) is 65.5 Å². The van der Waals surface area contributed by atoms with Crippen LogP contribution >= 0.6 is 11.8 Å². The minimum Gasteiger partial charge on any atom is -0.309 e. The standard InChI is InChI=1S/C15H13F4NS/c16-13-5-1-11(2-6-13)9-20-10-12-3-7-14(8-4-12)21-15(17,18)19/h1-8,20H,9-10H2. The van der Waals surface area contributed by atoms with E-state index < -0.39 is 5.51 Å². The van der Waals surface area contributed by atoms with Gasteiger partial charge in [-0.15, -0.1) is 0 Å². The van der Waals surface area contributed by atoms with Crippen LogP contribution in [0.15, 0.2) is 53.4 Å².